The van der Waals surface area contributed by atoms with Gasteiger partial charge in [0.1, 0.15) is 0 Å². The van der Waals surface area contributed by atoms with E-state index >= 15 is 0 Å². The van der Waals surface area contributed by atoms with E-state index in [9.17, 15) is 0 Å². The van der Waals surface area contributed by atoms with E-state index in [2.05, 4.69) is 17.2 Å². The molecule has 19 heavy (non-hydrogen) atoms. The van der Waals surface area contributed by atoms with Crippen LogP contribution >= 0.6 is 23.2 Å². The Balaban J connectivity index is 2.12. The van der Waals surface area contributed by atoms with E-state index in [4.69, 9.17) is 23.2 Å². The lowest BCUT2D eigenvalue weighted by molar-refractivity contribution is 0.499. The zero-order valence-electron chi connectivity index (χ0n) is 10.7. The van der Waals surface area contributed by atoms with Gasteiger partial charge in [-0.2, -0.15) is 0 Å². The molecule has 1 aromatic heterocycles. The minimum Gasteiger partial charge on any atom is -0.316 e. The molecule has 1 atom stereocenters. The summed E-state index contributed by atoms with van der Waals surface area (Å²) < 4.78 is 2.04. The quantitative estimate of drug-likeness (QED) is 0.920. The standard InChI is InChI=1S/C14H15Cl2N3/c1-14(4-5-17-8-14)13-7-18-9-19(13)12-6-10(15)2-3-11(12)16/h2-3,6-7,9,17H,4-5,8H2,1H3. The smallest absolute Gasteiger partial charge is 0.0994 e. The van der Waals surface area contributed by atoms with Crippen molar-refractivity contribution in [2.24, 2.45) is 0 Å². The number of rotatable bonds is 2. The second-order valence-corrected chi connectivity index (χ2v) is 6.08. The van der Waals surface area contributed by atoms with Gasteiger partial charge in [-0.3, -0.25) is 0 Å². The number of aromatic nitrogens is 2. The van der Waals surface area contributed by atoms with E-state index in [1.807, 2.05) is 22.9 Å². The van der Waals surface area contributed by atoms with E-state index < -0.39 is 0 Å². The molecule has 2 heterocycles. The van der Waals surface area contributed by atoms with Gasteiger partial charge in [-0.25, -0.2) is 4.98 Å². The van der Waals surface area contributed by atoms with Crippen molar-refractivity contribution in [3.05, 3.63) is 46.5 Å². The Labute approximate surface area is 122 Å². The Kier molecular flexibility index (Phi) is 3.29. The molecule has 100 valence electrons. The van der Waals surface area contributed by atoms with Gasteiger partial charge in [-0.05, 0) is 31.2 Å². The first-order valence-electron chi connectivity index (χ1n) is 6.29. The third kappa shape index (κ3) is 2.27. The molecule has 0 aliphatic carbocycles. The number of halogens is 2. The second kappa shape index (κ2) is 4.82. The van der Waals surface area contributed by atoms with Gasteiger partial charge in [0.15, 0.2) is 0 Å². The highest BCUT2D eigenvalue weighted by atomic mass is 35.5. The fourth-order valence-electron chi connectivity index (χ4n) is 2.64. The summed E-state index contributed by atoms with van der Waals surface area (Å²) in [6, 6.07) is 5.49. The number of imidazole rings is 1. The van der Waals surface area contributed by atoms with Crippen LogP contribution in [0.1, 0.15) is 19.0 Å². The summed E-state index contributed by atoms with van der Waals surface area (Å²) in [6.07, 6.45) is 4.82. The van der Waals surface area contributed by atoms with Crippen LogP contribution in [0.15, 0.2) is 30.7 Å². The van der Waals surface area contributed by atoms with Crippen molar-refractivity contribution in [2.75, 3.05) is 13.1 Å². The van der Waals surface area contributed by atoms with Gasteiger partial charge in [-0.15, -0.1) is 0 Å². The van der Waals surface area contributed by atoms with Gasteiger partial charge >= 0.3 is 0 Å². The monoisotopic (exact) mass is 295 g/mol. The number of nitrogens with zero attached hydrogens (tertiary/aromatic N) is 2. The van der Waals surface area contributed by atoms with Crippen molar-refractivity contribution in [1.29, 1.82) is 0 Å². The molecule has 0 amide bonds. The molecule has 1 saturated heterocycles. The molecular weight excluding hydrogens is 281 g/mol. The molecule has 0 radical (unpaired) electrons. The summed E-state index contributed by atoms with van der Waals surface area (Å²) in [5.41, 5.74) is 2.14. The molecule has 3 nitrogen and oxygen atoms in total. The lowest BCUT2D eigenvalue weighted by Crippen LogP contribution is -2.27. The van der Waals surface area contributed by atoms with Crippen molar-refractivity contribution < 1.29 is 0 Å². The predicted molar refractivity (Wildman–Crippen MR) is 78.4 cm³/mol. The SMILES string of the molecule is CC1(c2cncn2-c2cc(Cl)ccc2Cl)CCNC1. The molecule has 0 bridgehead atoms. The molecule has 5 heteroatoms. The second-order valence-electron chi connectivity index (χ2n) is 5.23. The van der Waals surface area contributed by atoms with Crippen LogP contribution in [0.3, 0.4) is 0 Å². The maximum atomic E-state index is 6.29. The fraction of sp³-hybridized carbons (Fsp3) is 0.357. The van der Waals surface area contributed by atoms with Gasteiger partial charge in [-0.1, -0.05) is 30.1 Å². The Hall–Kier alpha value is -1.03. The van der Waals surface area contributed by atoms with Crippen molar-refractivity contribution in [2.45, 2.75) is 18.8 Å². The number of nitrogens with one attached hydrogen (secondary N) is 1. The Bertz CT molecular complexity index is 600. The number of hydrogen-bond acceptors (Lipinski definition) is 2. The van der Waals surface area contributed by atoms with Crippen LogP contribution in [-0.2, 0) is 5.41 Å². The van der Waals surface area contributed by atoms with Crippen LogP contribution in [0.4, 0.5) is 0 Å². The van der Waals surface area contributed by atoms with E-state index in [-0.39, 0.29) is 5.41 Å². The molecule has 1 fully saturated rings. The highest BCUT2D eigenvalue weighted by molar-refractivity contribution is 6.34. The highest BCUT2D eigenvalue weighted by Crippen LogP contribution is 2.33. The van der Waals surface area contributed by atoms with E-state index in [0.29, 0.717) is 10.0 Å². The first-order chi connectivity index (χ1) is 9.10. The Morgan fingerprint density at radius 2 is 2.21 bits per heavy atom. The normalized spacial score (nSPS) is 22.9. The number of hydrogen-bond donors (Lipinski definition) is 1. The third-order valence-electron chi connectivity index (χ3n) is 3.79. The highest BCUT2D eigenvalue weighted by Gasteiger charge is 2.33. The van der Waals surface area contributed by atoms with E-state index in [1.165, 1.54) is 5.69 Å². The number of benzene rings is 1. The van der Waals surface area contributed by atoms with Crippen molar-refractivity contribution in [1.82, 2.24) is 14.9 Å². The minimum absolute atomic E-state index is 0.0855. The maximum Gasteiger partial charge on any atom is 0.0994 e. The van der Waals surface area contributed by atoms with Gasteiger partial charge in [0.25, 0.3) is 0 Å². The molecule has 1 aliphatic rings. The molecule has 0 saturated carbocycles. The lowest BCUT2D eigenvalue weighted by Gasteiger charge is -2.24. The summed E-state index contributed by atoms with van der Waals surface area (Å²) in [6.45, 7) is 4.24. The van der Waals surface area contributed by atoms with E-state index in [1.54, 1.807) is 12.4 Å². The zero-order valence-corrected chi connectivity index (χ0v) is 12.2. The zero-order chi connectivity index (χ0) is 13.5. The summed E-state index contributed by atoms with van der Waals surface area (Å²) in [7, 11) is 0. The van der Waals surface area contributed by atoms with Crippen LogP contribution in [0.5, 0.6) is 0 Å². The van der Waals surface area contributed by atoms with Crippen LogP contribution in [0.25, 0.3) is 5.69 Å². The van der Waals surface area contributed by atoms with E-state index in [0.717, 1.165) is 25.2 Å². The van der Waals surface area contributed by atoms with Gasteiger partial charge < -0.3 is 9.88 Å². The summed E-state index contributed by atoms with van der Waals surface area (Å²) in [5.74, 6) is 0. The topological polar surface area (TPSA) is 29.9 Å². The lowest BCUT2D eigenvalue weighted by atomic mass is 9.86. The molecule has 2 aromatic rings. The molecule has 1 unspecified atom stereocenters. The minimum atomic E-state index is 0.0855. The van der Waals surface area contributed by atoms with Crippen molar-refractivity contribution in [3.8, 4) is 5.69 Å². The predicted octanol–water partition coefficient (Wildman–Crippen LogP) is 3.43. The van der Waals surface area contributed by atoms with Crippen LogP contribution in [0, 0.1) is 0 Å². The fourth-order valence-corrected chi connectivity index (χ4v) is 3.01. The summed E-state index contributed by atoms with van der Waals surface area (Å²) in [5, 5.41) is 4.76. The molecule has 0 spiro atoms. The summed E-state index contributed by atoms with van der Waals surface area (Å²) in [4.78, 5) is 4.29. The molecule has 1 aromatic carbocycles. The van der Waals surface area contributed by atoms with Crippen LogP contribution in [0.2, 0.25) is 10.0 Å². The molecular formula is C14H15Cl2N3. The van der Waals surface area contributed by atoms with Gasteiger partial charge in [0.2, 0.25) is 0 Å². The average Bonchev–Trinajstić information content (AvgIpc) is 3.01. The first-order valence-corrected chi connectivity index (χ1v) is 7.05. The first kappa shape index (κ1) is 13.0. The van der Waals surface area contributed by atoms with Crippen LogP contribution < -0.4 is 5.32 Å². The van der Waals surface area contributed by atoms with Gasteiger partial charge in [0, 0.05) is 28.9 Å². The molecule has 3 rings (SSSR count). The maximum absolute atomic E-state index is 6.29. The van der Waals surface area contributed by atoms with Crippen molar-refractivity contribution >= 4 is 23.2 Å². The third-order valence-corrected chi connectivity index (χ3v) is 4.35. The molecule has 1 N–H and O–H groups in total. The Morgan fingerprint density at radius 1 is 1.37 bits per heavy atom. The van der Waals surface area contributed by atoms with Gasteiger partial charge in [0.05, 0.1) is 17.0 Å². The van der Waals surface area contributed by atoms with Crippen molar-refractivity contribution in [3.63, 3.8) is 0 Å². The molecule has 1 aliphatic heterocycles. The Morgan fingerprint density at radius 3 is 2.95 bits per heavy atom. The largest absolute Gasteiger partial charge is 0.316 e. The van der Waals surface area contributed by atoms with Crippen LogP contribution in [-0.4, -0.2) is 22.6 Å². The summed E-state index contributed by atoms with van der Waals surface area (Å²) >= 11 is 12.4. The average molecular weight is 296 g/mol.